The number of guanidine groups is 2. The topological polar surface area (TPSA) is 134 Å². The van der Waals surface area contributed by atoms with Gasteiger partial charge in [-0.15, -0.1) is 0 Å². The molecule has 9 heteroatoms. The predicted molar refractivity (Wildman–Crippen MR) is 118 cm³/mol. The predicted octanol–water partition coefficient (Wildman–Crippen LogP) is 1.70. The van der Waals surface area contributed by atoms with E-state index < -0.39 is 0 Å². The first-order chi connectivity index (χ1) is 15.0. The monoisotopic (exact) mass is 424 g/mol. The van der Waals surface area contributed by atoms with Crippen LogP contribution in [0.1, 0.15) is 17.5 Å². The molecule has 1 unspecified atom stereocenters. The Balaban J connectivity index is 1.32. The van der Waals surface area contributed by atoms with E-state index in [1.54, 1.807) is 4.90 Å². The second-order valence-electron chi connectivity index (χ2n) is 7.72. The number of fused-ring (bicyclic) bond motifs is 1. The molecule has 0 radical (unpaired) electrons. The molecule has 6 N–H and O–H groups in total. The van der Waals surface area contributed by atoms with Crippen LogP contribution in [0, 0.1) is 10.8 Å². The fraction of sp³-hybridized carbons (Fsp3) is 0.364. The van der Waals surface area contributed by atoms with E-state index in [9.17, 15) is 0 Å². The maximum atomic E-state index is 7.68. The van der Waals surface area contributed by atoms with Gasteiger partial charge in [-0.1, -0.05) is 12.1 Å². The van der Waals surface area contributed by atoms with Gasteiger partial charge in [0.15, 0.2) is 11.9 Å². The number of likely N-dealkylation sites (tertiary alicyclic amines) is 1. The number of nitrogens with zero attached hydrogens (tertiary/aromatic N) is 2. The quantitative estimate of drug-likeness (QED) is 0.424. The molecule has 0 bridgehead atoms. The van der Waals surface area contributed by atoms with Crippen molar-refractivity contribution in [3.05, 3.63) is 53.6 Å². The molecule has 2 aromatic carbocycles. The molecule has 164 valence electrons. The van der Waals surface area contributed by atoms with E-state index in [4.69, 9.17) is 36.5 Å². The Hall–Kier alpha value is -3.62. The molecule has 2 aromatic rings. The third-order valence-corrected chi connectivity index (χ3v) is 5.47. The lowest BCUT2D eigenvalue weighted by atomic mass is 10.1. The number of hydrogen-bond donors (Lipinski definition) is 4. The minimum atomic E-state index is 0.0386. The summed E-state index contributed by atoms with van der Waals surface area (Å²) >= 11 is 0. The average Bonchev–Trinajstić information content (AvgIpc) is 3.11. The third-order valence-electron chi connectivity index (χ3n) is 5.47. The minimum absolute atomic E-state index is 0.0386. The van der Waals surface area contributed by atoms with Gasteiger partial charge in [-0.3, -0.25) is 10.8 Å². The largest absolute Gasteiger partial charge is 0.491 e. The average molecular weight is 425 g/mol. The minimum Gasteiger partial charge on any atom is -0.491 e. The van der Waals surface area contributed by atoms with Crippen molar-refractivity contribution >= 4 is 11.9 Å². The standard InChI is InChI=1S/C22H28N6O3/c23-21(24)27-8-7-19(13-27)31-17-3-1-15(2-4-17)14-30-18-5-6-20-16(11-18)12-28(22(25)26)9-10-29-20/h1-6,11,19H,7-10,12-14H2,(H3,23,24)(H3,25,26). The highest BCUT2D eigenvalue weighted by atomic mass is 16.5. The van der Waals surface area contributed by atoms with Gasteiger partial charge in [0, 0.05) is 25.1 Å². The van der Waals surface area contributed by atoms with Crippen LogP contribution in [0.5, 0.6) is 17.2 Å². The molecule has 1 fully saturated rings. The summed E-state index contributed by atoms with van der Waals surface area (Å²) in [6.07, 6.45) is 0.899. The molecule has 31 heavy (non-hydrogen) atoms. The van der Waals surface area contributed by atoms with E-state index in [0.29, 0.717) is 32.8 Å². The van der Waals surface area contributed by atoms with Gasteiger partial charge in [-0.25, -0.2) is 0 Å². The van der Waals surface area contributed by atoms with Crippen molar-refractivity contribution in [3.63, 3.8) is 0 Å². The summed E-state index contributed by atoms with van der Waals surface area (Å²) < 4.78 is 17.7. The van der Waals surface area contributed by atoms with Crippen molar-refractivity contribution in [2.75, 3.05) is 26.2 Å². The van der Waals surface area contributed by atoms with Gasteiger partial charge in [-0.2, -0.15) is 0 Å². The smallest absolute Gasteiger partial charge is 0.188 e. The van der Waals surface area contributed by atoms with Crippen LogP contribution in [0.15, 0.2) is 42.5 Å². The summed E-state index contributed by atoms with van der Waals surface area (Å²) in [5.74, 6) is 2.47. The van der Waals surface area contributed by atoms with Gasteiger partial charge in [0.05, 0.1) is 13.1 Å². The molecule has 0 aliphatic carbocycles. The molecule has 0 saturated carbocycles. The van der Waals surface area contributed by atoms with Gasteiger partial charge in [0.25, 0.3) is 0 Å². The zero-order chi connectivity index (χ0) is 21.8. The molecule has 0 amide bonds. The lowest BCUT2D eigenvalue weighted by molar-refractivity contribution is 0.214. The number of ether oxygens (including phenoxy) is 3. The Bertz CT molecular complexity index is 949. The number of hydrogen-bond acceptors (Lipinski definition) is 5. The molecule has 4 rings (SSSR count). The lowest BCUT2D eigenvalue weighted by Crippen LogP contribution is -2.37. The van der Waals surface area contributed by atoms with Crippen LogP contribution in [-0.4, -0.2) is 54.1 Å². The first-order valence-electron chi connectivity index (χ1n) is 10.3. The Morgan fingerprint density at radius 3 is 2.45 bits per heavy atom. The Morgan fingerprint density at radius 2 is 1.74 bits per heavy atom. The Morgan fingerprint density at radius 1 is 1.00 bits per heavy atom. The zero-order valence-corrected chi connectivity index (χ0v) is 17.3. The van der Waals surface area contributed by atoms with Crippen molar-refractivity contribution < 1.29 is 14.2 Å². The molecule has 2 aliphatic heterocycles. The molecule has 0 spiro atoms. The molecule has 2 heterocycles. The van der Waals surface area contributed by atoms with Crippen LogP contribution in [-0.2, 0) is 13.2 Å². The van der Waals surface area contributed by atoms with Crippen molar-refractivity contribution in [3.8, 4) is 17.2 Å². The van der Waals surface area contributed by atoms with Crippen LogP contribution < -0.4 is 25.7 Å². The van der Waals surface area contributed by atoms with Crippen LogP contribution in [0.2, 0.25) is 0 Å². The second kappa shape index (κ2) is 9.03. The normalized spacial score (nSPS) is 18.0. The van der Waals surface area contributed by atoms with Crippen LogP contribution in [0.4, 0.5) is 0 Å². The highest BCUT2D eigenvalue weighted by Crippen LogP contribution is 2.28. The summed E-state index contributed by atoms with van der Waals surface area (Å²) in [6.45, 7) is 3.43. The van der Waals surface area contributed by atoms with E-state index in [2.05, 4.69) is 0 Å². The first kappa shape index (κ1) is 20.6. The SMILES string of the molecule is N=C(N)N1CCOc2ccc(OCc3ccc(OC4CCN(C(=N)N)C4)cc3)cc2C1. The van der Waals surface area contributed by atoms with Gasteiger partial charge in [0.1, 0.15) is 36.6 Å². The third kappa shape index (κ3) is 5.11. The molecule has 1 saturated heterocycles. The molecule has 2 aliphatic rings. The van der Waals surface area contributed by atoms with Crippen molar-refractivity contribution in [2.45, 2.75) is 25.7 Å². The molecule has 0 aromatic heterocycles. The number of rotatable bonds is 5. The Kier molecular flexibility index (Phi) is 6.01. The number of benzene rings is 2. The highest BCUT2D eigenvalue weighted by molar-refractivity contribution is 5.75. The number of nitrogens with two attached hydrogens (primary N) is 2. The van der Waals surface area contributed by atoms with Gasteiger partial charge in [0.2, 0.25) is 0 Å². The van der Waals surface area contributed by atoms with E-state index in [1.807, 2.05) is 47.4 Å². The van der Waals surface area contributed by atoms with Crippen molar-refractivity contribution in [1.82, 2.24) is 9.80 Å². The van der Waals surface area contributed by atoms with Crippen LogP contribution >= 0.6 is 0 Å². The molecule has 9 nitrogen and oxygen atoms in total. The zero-order valence-electron chi connectivity index (χ0n) is 17.3. The fourth-order valence-electron chi connectivity index (χ4n) is 3.73. The first-order valence-corrected chi connectivity index (χ1v) is 10.3. The Labute approximate surface area is 181 Å². The molecular weight excluding hydrogens is 396 g/mol. The summed E-state index contributed by atoms with van der Waals surface area (Å²) in [6, 6.07) is 13.6. The summed E-state index contributed by atoms with van der Waals surface area (Å²) in [4.78, 5) is 3.59. The van der Waals surface area contributed by atoms with Gasteiger partial charge < -0.3 is 35.5 Å². The summed E-state index contributed by atoms with van der Waals surface area (Å²) in [5, 5.41) is 15.2. The maximum absolute atomic E-state index is 7.68. The molecular formula is C22H28N6O3. The van der Waals surface area contributed by atoms with Crippen molar-refractivity contribution in [2.24, 2.45) is 11.5 Å². The van der Waals surface area contributed by atoms with Crippen molar-refractivity contribution in [1.29, 1.82) is 10.8 Å². The number of nitrogens with one attached hydrogen (secondary N) is 2. The van der Waals surface area contributed by atoms with E-state index >= 15 is 0 Å². The maximum Gasteiger partial charge on any atom is 0.188 e. The lowest BCUT2D eigenvalue weighted by Gasteiger charge is -2.19. The fourth-order valence-corrected chi connectivity index (χ4v) is 3.73. The molecule has 1 atom stereocenters. The van der Waals surface area contributed by atoms with Crippen LogP contribution in [0.25, 0.3) is 0 Å². The highest BCUT2D eigenvalue weighted by Gasteiger charge is 2.24. The van der Waals surface area contributed by atoms with E-state index in [0.717, 1.165) is 41.3 Å². The second-order valence-corrected chi connectivity index (χ2v) is 7.72. The van der Waals surface area contributed by atoms with Crippen LogP contribution in [0.3, 0.4) is 0 Å². The van der Waals surface area contributed by atoms with Gasteiger partial charge >= 0.3 is 0 Å². The van der Waals surface area contributed by atoms with Gasteiger partial charge in [-0.05, 0) is 35.9 Å². The van der Waals surface area contributed by atoms with E-state index in [-0.39, 0.29) is 18.0 Å². The van der Waals surface area contributed by atoms with E-state index in [1.165, 1.54) is 0 Å². The summed E-state index contributed by atoms with van der Waals surface area (Å²) in [5.41, 5.74) is 13.2. The summed E-state index contributed by atoms with van der Waals surface area (Å²) in [7, 11) is 0.